The standard InChI is InChI=1S/C14H11ClFN3O/c1-20-9-3-4-10(15)13(7-9)19-12-5-2-8(16)6-11(12)18-14(19)17/h2-7H,1H3,(H2,17,18). The third-order valence-electron chi connectivity index (χ3n) is 3.04. The molecule has 3 aromatic rings. The van der Waals surface area contributed by atoms with Gasteiger partial charge in [-0.1, -0.05) is 11.6 Å². The molecule has 2 N–H and O–H groups in total. The van der Waals surface area contributed by atoms with E-state index in [9.17, 15) is 4.39 Å². The van der Waals surface area contributed by atoms with Crippen molar-refractivity contribution in [3.8, 4) is 11.4 Å². The Labute approximate surface area is 119 Å². The molecule has 6 heteroatoms. The Bertz CT molecular complexity index is 800. The molecule has 0 amide bonds. The van der Waals surface area contributed by atoms with Crippen LogP contribution in [0.25, 0.3) is 16.7 Å². The Morgan fingerprint density at radius 1 is 1.25 bits per heavy atom. The highest BCUT2D eigenvalue weighted by Crippen LogP contribution is 2.31. The first-order valence-electron chi connectivity index (χ1n) is 5.87. The van der Waals surface area contributed by atoms with Crippen LogP contribution in [0.2, 0.25) is 5.02 Å². The second kappa shape index (κ2) is 4.68. The van der Waals surface area contributed by atoms with Crippen molar-refractivity contribution in [3.05, 3.63) is 47.2 Å². The number of nitrogens with zero attached hydrogens (tertiary/aromatic N) is 2. The van der Waals surface area contributed by atoms with Gasteiger partial charge in [-0.3, -0.25) is 4.57 Å². The van der Waals surface area contributed by atoms with Crippen LogP contribution in [0, 0.1) is 5.82 Å². The maximum atomic E-state index is 13.2. The lowest BCUT2D eigenvalue weighted by molar-refractivity contribution is 0.414. The molecule has 0 spiro atoms. The summed E-state index contributed by atoms with van der Waals surface area (Å²) in [6, 6.07) is 9.52. The molecule has 0 aliphatic carbocycles. The molecule has 4 nitrogen and oxygen atoms in total. The number of fused-ring (bicyclic) bond motifs is 1. The fraction of sp³-hybridized carbons (Fsp3) is 0.0714. The van der Waals surface area contributed by atoms with E-state index in [2.05, 4.69) is 4.98 Å². The van der Waals surface area contributed by atoms with Gasteiger partial charge in [-0.15, -0.1) is 0 Å². The SMILES string of the molecule is COc1ccc(Cl)c(-n2c(N)nc3cc(F)ccc32)c1. The predicted molar refractivity (Wildman–Crippen MR) is 77.0 cm³/mol. The number of anilines is 1. The van der Waals surface area contributed by atoms with E-state index in [0.29, 0.717) is 27.5 Å². The van der Waals surface area contributed by atoms with Gasteiger partial charge in [0, 0.05) is 12.1 Å². The van der Waals surface area contributed by atoms with Crippen molar-refractivity contribution in [1.29, 1.82) is 0 Å². The van der Waals surface area contributed by atoms with E-state index in [0.717, 1.165) is 0 Å². The van der Waals surface area contributed by atoms with Gasteiger partial charge in [-0.25, -0.2) is 9.37 Å². The molecule has 1 aromatic heterocycles. The highest BCUT2D eigenvalue weighted by atomic mass is 35.5. The molecule has 1 heterocycles. The fourth-order valence-electron chi connectivity index (χ4n) is 2.12. The Morgan fingerprint density at radius 3 is 2.80 bits per heavy atom. The first-order chi connectivity index (χ1) is 9.60. The molecule has 3 rings (SSSR count). The minimum atomic E-state index is -0.362. The number of ether oxygens (including phenoxy) is 1. The van der Waals surface area contributed by atoms with Gasteiger partial charge in [-0.2, -0.15) is 0 Å². The maximum Gasteiger partial charge on any atom is 0.205 e. The molecule has 0 aliphatic heterocycles. The third-order valence-corrected chi connectivity index (χ3v) is 3.36. The van der Waals surface area contributed by atoms with Crippen LogP contribution in [0.3, 0.4) is 0 Å². The van der Waals surface area contributed by atoms with Crippen molar-refractivity contribution in [2.75, 3.05) is 12.8 Å². The smallest absolute Gasteiger partial charge is 0.205 e. The molecular formula is C14H11ClFN3O. The molecule has 0 fully saturated rings. The molecule has 0 radical (unpaired) electrons. The number of methoxy groups -OCH3 is 1. The van der Waals surface area contributed by atoms with Crippen LogP contribution in [0.5, 0.6) is 5.75 Å². The molecule has 20 heavy (non-hydrogen) atoms. The van der Waals surface area contributed by atoms with E-state index in [1.807, 2.05) is 0 Å². The summed E-state index contributed by atoms with van der Waals surface area (Å²) < 4.78 is 20.1. The molecular weight excluding hydrogens is 281 g/mol. The number of nitrogen functional groups attached to an aromatic ring is 1. The van der Waals surface area contributed by atoms with E-state index in [-0.39, 0.29) is 11.8 Å². The van der Waals surface area contributed by atoms with Crippen LogP contribution in [-0.2, 0) is 0 Å². The fourth-order valence-corrected chi connectivity index (χ4v) is 2.32. The van der Waals surface area contributed by atoms with Gasteiger partial charge in [-0.05, 0) is 24.3 Å². The summed E-state index contributed by atoms with van der Waals surface area (Å²) in [5.74, 6) is 0.521. The van der Waals surface area contributed by atoms with Crippen LogP contribution < -0.4 is 10.5 Å². The number of hydrogen-bond donors (Lipinski definition) is 1. The molecule has 0 unspecified atom stereocenters. The van der Waals surface area contributed by atoms with Crippen LogP contribution in [-0.4, -0.2) is 16.7 Å². The minimum Gasteiger partial charge on any atom is -0.497 e. The normalized spacial score (nSPS) is 10.9. The predicted octanol–water partition coefficient (Wildman–Crippen LogP) is 3.41. The van der Waals surface area contributed by atoms with Crippen LogP contribution in [0.4, 0.5) is 10.3 Å². The van der Waals surface area contributed by atoms with Gasteiger partial charge in [0.2, 0.25) is 5.95 Å². The zero-order valence-corrected chi connectivity index (χ0v) is 11.4. The highest BCUT2D eigenvalue weighted by Gasteiger charge is 2.14. The number of hydrogen-bond acceptors (Lipinski definition) is 3. The van der Waals surface area contributed by atoms with Crippen LogP contribution in [0.1, 0.15) is 0 Å². The maximum absolute atomic E-state index is 13.2. The summed E-state index contributed by atoms with van der Waals surface area (Å²) in [6.45, 7) is 0. The van der Waals surface area contributed by atoms with Gasteiger partial charge in [0.25, 0.3) is 0 Å². The molecule has 102 valence electrons. The van der Waals surface area contributed by atoms with Gasteiger partial charge < -0.3 is 10.5 Å². The summed E-state index contributed by atoms with van der Waals surface area (Å²) in [5.41, 5.74) is 7.72. The third kappa shape index (κ3) is 1.96. The Balaban J connectivity index is 2.31. The molecule has 0 saturated carbocycles. The molecule has 0 atom stereocenters. The average molecular weight is 292 g/mol. The lowest BCUT2D eigenvalue weighted by atomic mass is 10.2. The summed E-state index contributed by atoms with van der Waals surface area (Å²) in [4.78, 5) is 4.15. The van der Waals surface area contributed by atoms with Gasteiger partial charge in [0.15, 0.2) is 0 Å². The van der Waals surface area contributed by atoms with Crippen LogP contribution in [0.15, 0.2) is 36.4 Å². The summed E-state index contributed by atoms with van der Waals surface area (Å²) in [6.07, 6.45) is 0. The van der Waals surface area contributed by atoms with Crippen molar-refractivity contribution in [3.63, 3.8) is 0 Å². The van der Waals surface area contributed by atoms with E-state index in [1.54, 1.807) is 35.9 Å². The van der Waals surface area contributed by atoms with Crippen LogP contribution >= 0.6 is 11.6 Å². The lowest BCUT2D eigenvalue weighted by Crippen LogP contribution is -2.01. The number of benzene rings is 2. The van der Waals surface area contributed by atoms with Crippen molar-refractivity contribution < 1.29 is 9.13 Å². The number of rotatable bonds is 2. The van der Waals surface area contributed by atoms with Gasteiger partial charge in [0.05, 0.1) is 28.9 Å². The molecule has 2 aromatic carbocycles. The lowest BCUT2D eigenvalue weighted by Gasteiger charge is -2.10. The van der Waals surface area contributed by atoms with E-state index >= 15 is 0 Å². The Morgan fingerprint density at radius 2 is 2.05 bits per heavy atom. The number of nitrogens with two attached hydrogens (primary N) is 1. The first kappa shape index (κ1) is 12.7. The Kier molecular flexibility index (Phi) is 2.99. The van der Waals surface area contributed by atoms with Gasteiger partial charge >= 0.3 is 0 Å². The van der Waals surface area contributed by atoms with Crippen molar-refractivity contribution >= 4 is 28.6 Å². The highest BCUT2D eigenvalue weighted by molar-refractivity contribution is 6.32. The second-order valence-electron chi connectivity index (χ2n) is 4.26. The average Bonchev–Trinajstić information content (AvgIpc) is 2.74. The largest absolute Gasteiger partial charge is 0.497 e. The second-order valence-corrected chi connectivity index (χ2v) is 4.66. The number of aromatic nitrogens is 2. The number of halogens is 2. The molecule has 0 aliphatic rings. The Hall–Kier alpha value is -2.27. The topological polar surface area (TPSA) is 53.1 Å². The summed E-state index contributed by atoms with van der Waals surface area (Å²) in [7, 11) is 1.57. The van der Waals surface area contributed by atoms with Crippen molar-refractivity contribution in [2.45, 2.75) is 0 Å². The zero-order valence-electron chi connectivity index (χ0n) is 10.6. The molecule has 0 bridgehead atoms. The molecule has 0 saturated heterocycles. The summed E-state index contributed by atoms with van der Waals surface area (Å²) >= 11 is 6.21. The minimum absolute atomic E-state index is 0.237. The van der Waals surface area contributed by atoms with Crippen molar-refractivity contribution in [2.24, 2.45) is 0 Å². The van der Waals surface area contributed by atoms with E-state index in [1.165, 1.54) is 12.1 Å². The quantitative estimate of drug-likeness (QED) is 0.787. The number of imidazole rings is 1. The van der Waals surface area contributed by atoms with E-state index in [4.69, 9.17) is 22.1 Å². The monoisotopic (exact) mass is 291 g/mol. The summed E-state index contributed by atoms with van der Waals surface area (Å²) in [5, 5.41) is 0.501. The van der Waals surface area contributed by atoms with Gasteiger partial charge in [0.1, 0.15) is 11.6 Å². The zero-order chi connectivity index (χ0) is 14.3. The first-order valence-corrected chi connectivity index (χ1v) is 6.25. The van der Waals surface area contributed by atoms with Crippen molar-refractivity contribution in [1.82, 2.24) is 9.55 Å². The van der Waals surface area contributed by atoms with E-state index < -0.39 is 0 Å².